The van der Waals surface area contributed by atoms with Crippen LogP contribution in [0.25, 0.3) is 6.08 Å². The molecule has 0 aromatic carbocycles. The van der Waals surface area contributed by atoms with Crippen molar-refractivity contribution in [1.82, 2.24) is 20.6 Å². The molecule has 0 fully saturated rings. The van der Waals surface area contributed by atoms with E-state index >= 15 is 0 Å². The number of aromatic nitrogens is 3. The predicted octanol–water partition coefficient (Wildman–Crippen LogP) is 3.21. The normalized spacial score (nSPS) is 11.7. The van der Waals surface area contributed by atoms with Crippen LogP contribution in [0.2, 0.25) is 5.15 Å². The lowest BCUT2D eigenvalue weighted by molar-refractivity contribution is -0.139. The van der Waals surface area contributed by atoms with Crippen molar-refractivity contribution in [3.8, 4) is 5.75 Å². The number of ether oxygens (including phenoxy) is 2. The minimum atomic E-state index is -3.89. The van der Waals surface area contributed by atoms with Crippen molar-refractivity contribution in [1.29, 1.82) is 0 Å². The molecule has 0 aliphatic rings. The van der Waals surface area contributed by atoms with Gasteiger partial charge in [0.25, 0.3) is 0 Å². The molecule has 0 unspecified atom stereocenters. The summed E-state index contributed by atoms with van der Waals surface area (Å²) in [5.74, 6) is -5.09. The highest BCUT2D eigenvalue weighted by atomic mass is 35.5. The molecule has 2 N–H and O–H groups in total. The van der Waals surface area contributed by atoms with Crippen LogP contribution in [-0.2, 0) is 9.53 Å². The smallest absolute Gasteiger partial charge is 0.351 e. The van der Waals surface area contributed by atoms with Gasteiger partial charge in [0.05, 0.1) is 12.8 Å². The summed E-state index contributed by atoms with van der Waals surface area (Å²) in [6.07, 6.45) is 3.50. The number of halogens is 3. The van der Waals surface area contributed by atoms with Gasteiger partial charge in [-0.25, -0.2) is 0 Å². The van der Waals surface area contributed by atoms with Crippen molar-refractivity contribution in [2.24, 2.45) is 0 Å². The summed E-state index contributed by atoms with van der Waals surface area (Å²) >= 11 is 5.60. The second-order valence-electron chi connectivity index (χ2n) is 5.89. The quantitative estimate of drug-likeness (QED) is 0.333. The predicted molar refractivity (Wildman–Crippen MR) is 108 cm³/mol. The van der Waals surface area contributed by atoms with Gasteiger partial charge in [-0.3, -0.25) is 20.6 Å². The molecular weight excluding hydrogens is 420 g/mol. The summed E-state index contributed by atoms with van der Waals surface area (Å²) in [7, 11) is 1.53. The number of pyridine rings is 1. The van der Waals surface area contributed by atoms with Crippen LogP contribution in [0.4, 0.5) is 14.6 Å². The van der Waals surface area contributed by atoms with Crippen LogP contribution >= 0.6 is 11.6 Å². The topological polar surface area (TPSA) is 98.3 Å². The number of nitrogens with one attached hydrogen (secondary N) is 2. The third-order valence-corrected chi connectivity index (χ3v) is 3.97. The molecule has 2 rings (SSSR count). The fraction of sp³-hybridized carbons (Fsp3) is 0.263. The molecule has 0 bridgehead atoms. The molecule has 0 atom stereocenters. The second-order valence-corrected chi connectivity index (χ2v) is 6.27. The molecule has 1 amide bonds. The van der Waals surface area contributed by atoms with Crippen LogP contribution in [0.1, 0.15) is 11.3 Å². The van der Waals surface area contributed by atoms with Gasteiger partial charge in [-0.05, 0) is 36.8 Å². The molecule has 0 saturated heterocycles. The van der Waals surface area contributed by atoms with E-state index < -0.39 is 17.4 Å². The van der Waals surface area contributed by atoms with E-state index in [9.17, 15) is 13.6 Å². The molecule has 8 nitrogen and oxygen atoms in total. The van der Waals surface area contributed by atoms with E-state index in [1.54, 1.807) is 6.92 Å². The van der Waals surface area contributed by atoms with Gasteiger partial charge < -0.3 is 9.47 Å². The van der Waals surface area contributed by atoms with Gasteiger partial charge in [0.2, 0.25) is 0 Å². The molecule has 0 saturated carbocycles. The Bertz CT molecular complexity index is 923. The number of aryl methyl sites for hydroxylation is 1. The van der Waals surface area contributed by atoms with Crippen molar-refractivity contribution in [3.63, 3.8) is 0 Å². The number of nitrogens with zero attached hydrogens (tertiary/aromatic N) is 3. The lowest BCUT2D eigenvalue weighted by Gasteiger charge is -2.18. The summed E-state index contributed by atoms with van der Waals surface area (Å²) in [5.41, 5.74) is 4.34. The zero-order valence-corrected chi connectivity index (χ0v) is 17.0. The summed E-state index contributed by atoms with van der Waals surface area (Å²) in [5, 5.41) is 7.25. The summed E-state index contributed by atoms with van der Waals surface area (Å²) < 4.78 is 39.7. The Morgan fingerprint density at radius 1 is 1.33 bits per heavy atom. The molecule has 2 aromatic rings. The highest BCUT2D eigenvalue weighted by molar-refractivity contribution is 6.29. The SMILES string of the molecule is C=C/C(=C\c1cc(OCCOC)cnc1C)C(F)(F)C(=O)NNc1ccc(Cl)nn1. The minimum Gasteiger partial charge on any atom is -0.490 e. The highest BCUT2D eigenvalue weighted by Crippen LogP contribution is 2.29. The number of carbonyl (C=O) groups is 1. The standard InChI is InChI=1S/C19H20ClF2N5O3/c1-4-14(9-13-10-15(11-23-12(13)2)30-8-7-29-3)19(21,22)18(28)27-26-17-6-5-16(20)24-25-17/h4-6,9-11H,1,7-8H2,2-3H3,(H,25,26)(H,27,28)/b14-9+. The fourth-order valence-corrected chi connectivity index (χ4v) is 2.26. The summed E-state index contributed by atoms with van der Waals surface area (Å²) in [6.45, 7) is 5.67. The molecule has 0 spiro atoms. The Labute approximate surface area is 176 Å². The molecular formula is C19H20ClF2N5O3. The average Bonchev–Trinajstić information content (AvgIpc) is 2.73. The lowest BCUT2D eigenvalue weighted by atomic mass is 10.0. The number of alkyl halides is 2. The maximum atomic E-state index is 14.7. The highest BCUT2D eigenvalue weighted by Gasteiger charge is 2.42. The summed E-state index contributed by atoms with van der Waals surface area (Å²) in [4.78, 5) is 16.2. The number of anilines is 1. The Morgan fingerprint density at radius 3 is 2.73 bits per heavy atom. The second kappa shape index (κ2) is 10.6. The maximum Gasteiger partial charge on any atom is 0.351 e. The van der Waals surface area contributed by atoms with Crippen LogP contribution in [-0.4, -0.2) is 47.3 Å². The Morgan fingerprint density at radius 2 is 2.10 bits per heavy atom. The first-order valence-corrected chi connectivity index (χ1v) is 9.02. The Hall–Kier alpha value is -3.11. The van der Waals surface area contributed by atoms with E-state index in [1.165, 1.54) is 31.5 Å². The van der Waals surface area contributed by atoms with Crippen molar-refractivity contribution in [2.75, 3.05) is 25.7 Å². The Kier molecular flexibility index (Phi) is 8.19. The van der Waals surface area contributed by atoms with Crippen LogP contribution < -0.4 is 15.6 Å². The number of methoxy groups -OCH3 is 1. The molecule has 0 radical (unpaired) electrons. The van der Waals surface area contributed by atoms with Crippen LogP contribution in [0.3, 0.4) is 0 Å². The van der Waals surface area contributed by atoms with E-state index in [1.807, 2.05) is 5.43 Å². The molecule has 0 aliphatic heterocycles. The molecule has 160 valence electrons. The van der Waals surface area contributed by atoms with E-state index in [2.05, 4.69) is 27.2 Å². The van der Waals surface area contributed by atoms with Gasteiger partial charge in [-0.2, -0.15) is 8.78 Å². The number of hydrogen-bond acceptors (Lipinski definition) is 7. The first kappa shape index (κ1) is 23.2. The molecule has 2 aromatic heterocycles. The zero-order valence-electron chi connectivity index (χ0n) is 16.3. The van der Waals surface area contributed by atoms with E-state index in [0.717, 1.165) is 12.2 Å². The van der Waals surface area contributed by atoms with Crippen LogP contribution in [0, 0.1) is 6.92 Å². The van der Waals surface area contributed by atoms with Gasteiger partial charge in [-0.15, -0.1) is 10.2 Å². The van der Waals surface area contributed by atoms with Crippen molar-refractivity contribution < 1.29 is 23.0 Å². The van der Waals surface area contributed by atoms with E-state index in [4.69, 9.17) is 21.1 Å². The third-order valence-electron chi connectivity index (χ3n) is 3.77. The van der Waals surface area contributed by atoms with Gasteiger partial charge in [-0.1, -0.05) is 24.3 Å². The molecule has 30 heavy (non-hydrogen) atoms. The van der Waals surface area contributed by atoms with Crippen molar-refractivity contribution in [2.45, 2.75) is 12.8 Å². The van der Waals surface area contributed by atoms with E-state index in [-0.39, 0.29) is 17.6 Å². The maximum absolute atomic E-state index is 14.7. The first-order valence-electron chi connectivity index (χ1n) is 8.64. The zero-order chi connectivity index (χ0) is 22.1. The van der Waals surface area contributed by atoms with Crippen LogP contribution in [0.5, 0.6) is 5.75 Å². The number of allylic oxidation sites excluding steroid dienone is 1. The average molecular weight is 440 g/mol. The number of amides is 1. The minimum absolute atomic E-state index is 0.0358. The number of hydrazine groups is 1. The largest absolute Gasteiger partial charge is 0.490 e. The van der Waals surface area contributed by atoms with Gasteiger partial charge >= 0.3 is 11.8 Å². The van der Waals surface area contributed by atoms with Crippen molar-refractivity contribution >= 4 is 29.4 Å². The first-order chi connectivity index (χ1) is 14.3. The monoisotopic (exact) mass is 439 g/mol. The number of carbonyl (C=O) groups excluding carboxylic acids is 1. The summed E-state index contributed by atoms with van der Waals surface area (Å²) in [6, 6.07) is 4.28. The molecule has 11 heteroatoms. The number of hydrogen-bond donors (Lipinski definition) is 2. The molecule has 2 heterocycles. The molecule has 0 aliphatic carbocycles. The number of rotatable bonds is 10. The Balaban J connectivity index is 2.18. The van der Waals surface area contributed by atoms with Crippen LogP contribution in [0.15, 0.2) is 42.6 Å². The lowest BCUT2D eigenvalue weighted by Crippen LogP contribution is -2.44. The van der Waals surface area contributed by atoms with Crippen molar-refractivity contribution in [3.05, 3.63) is 59.0 Å². The fourth-order valence-electron chi connectivity index (χ4n) is 2.16. The van der Waals surface area contributed by atoms with Gasteiger partial charge in [0, 0.05) is 18.4 Å². The third kappa shape index (κ3) is 6.19. The van der Waals surface area contributed by atoms with Gasteiger partial charge in [0.15, 0.2) is 11.0 Å². The van der Waals surface area contributed by atoms with Gasteiger partial charge in [0.1, 0.15) is 12.4 Å². The van der Waals surface area contributed by atoms with E-state index in [0.29, 0.717) is 23.6 Å².